The minimum atomic E-state index is -0.147. The maximum atomic E-state index is 5.36. The Labute approximate surface area is 100 Å². The van der Waals surface area contributed by atoms with Gasteiger partial charge in [0, 0.05) is 6.61 Å². The highest BCUT2D eigenvalue weighted by molar-refractivity contribution is 4.93. The third-order valence-electron chi connectivity index (χ3n) is 2.25. The molecule has 0 amide bonds. The molecule has 2 atom stereocenters. The van der Waals surface area contributed by atoms with Crippen molar-refractivity contribution in [2.45, 2.75) is 53.8 Å². The molecule has 0 aliphatic rings. The number of allylic oxidation sites excluding steroid dienone is 3. The van der Waals surface area contributed by atoms with Crippen molar-refractivity contribution in [3.63, 3.8) is 0 Å². The van der Waals surface area contributed by atoms with Crippen LogP contribution >= 0.6 is 0 Å². The van der Waals surface area contributed by atoms with Crippen LogP contribution in [0, 0.1) is 5.92 Å². The average Bonchev–Trinajstić information content (AvgIpc) is 2.17. The van der Waals surface area contributed by atoms with E-state index in [1.807, 2.05) is 13.8 Å². The maximum Gasteiger partial charge on any atom is 0.196 e. The van der Waals surface area contributed by atoms with Gasteiger partial charge in [0.25, 0.3) is 0 Å². The lowest BCUT2D eigenvalue weighted by Crippen LogP contribution is -2.09. The van der Waals surface area contributed by atoms with Crippen LogP contribution in [0.5, 0.6) is 0 Å². The van der Waals surface area contributed by atoms with E-state index >= 15 is 0 Å². The van der Waals surface area contributed by atoms with Gasteiger partial charge in [-0.1, -0.05) is 18.6 Å². The van der Waals surface area contributed by atoms with E-state index in [0.29, 0.717) is 12.5 Å². The summed E-state index contributed by atoms with van der Waals surface area (Å²) in [5.74, 6) is 0.546. The fourth-order valence-electron chi connectivity index (χ4n) is 1.30. The average molecular weight is 226 g/mol. The molecule has 0 aliphatic carbocycles. The van der Waals surface area contributed by atoms with Gasteiger partial charge in [0.2, 0.25) is 0 Å². The Bertz CT molecular complexity index is 215. The van der Waals surface area contributed by atoms with Gasteiger partial charge in [0.15, 0.2) is 6.29 Å². The largest absolute Gasteiger partial charge is 0.473 e. The van der Waals surface area contributed by atoms with Crippen LogP contribution in [0.3, 0.4) is 0 Å². The molecule has 0 heterocycles. The monoisotopic (exact) mass is 226 g/mol. The van der Waals surface area contributed by atoms with Crippen molar-refractivity contribution in [3.8, 4) is 0 Å². The van der Waals surface area contributed by atoms with E-state index in [1.165, 1.54) is 5.57 Å². The summed E-state index contributed by atoms with van der Waals surface area (Å²) in [5, 5.41) is 0. The Morgan fingerprint density at radius 2 is 1.94 bits per heavy atom. The van der Waals surface area contributed by atoms with E-state index in [0.717, 1.165) is 12.8 Å². The second-order valence-corrected chi connectivity index (χ2v) is 4.32. The van der Waals surface area contributed by atoms with Gasteiger partial charge in [0.05, 0.1) is 6.26 Å². The molecule has 2 nitrogen and oxygen atoms in total. The number of hydrogen-bond acceptors (Lipinski definition) is 2. The molecular weight excluding hydrogens is 200 g/mol. The first-order chi connectivity index (χ1) is 7.56. The number of rotatable bonds is 8. The van der Waals surface area contributed by atoms with E-state index in [1.54, 1.807) is 6.26 Å². The molecule has 0 bridgehead atoms. The molecule has 0 aliphatic heterocycles. The Hall–Kier alpha value is -0.760. The second-order valence-electron chi connectivity index (χ2n) is 4.32. The van der Waals surface area contributed by atoms with Crippen molar-refractivity contribution in [1.29, 1.82) is 0 Å². The second kappa shape index (κ2) is 9.46. The van der Waals surface area contributed by atoms with Crippen molar-refractivity contribution in [2.24, 2.45) is 5.92 Å². The standard InChI is InChI=1S/C14H26O2/c1-6-15-14(5)16-11-10-13(4)9-7-8-12(2)3/h8,10-11,13-14H,6-7,9H2,1-5H3. The van der Waals surface area contributed by atoms with Crippen LogP contribution in [0.15, 0.2) is 24.0 Å². The lowest BCUT2D eigenvalue weighted by atomic mass is 10.1. The highest BCUT2D eigenvalue weighted by atomic mass is 16.7. The first-order valence-electron chi connectivity index (χ1n) is 6.13. The summed E-state index contributed by atoms with van der Waals surface area (Å²) in [4.78, 5) is 0. The van der Waals surface area contributed by atoms with Crippen LogP contribution in [0.2, 0.25) is 0 Å². The highest BCUT2D eigenvalue weighted by Gasteiger charge is 1.98. The summed E-state index contributed by atoms with van der Waals surface area (Å²) < 4.78 is 10.6. The van der Waals surface area contributed by atoms with Crippen molar-refractivity contribution >= 4 is 0 Å². The van der Waals surface area contributed by atoms with Gasteiger partial charge < -0.3 is 9.47 Å². The molecule has 0 N–H and O–H groups in total. The van der Waals surface area contributed by atoms with Crippen molar-refractivity contribution < 1.29 is 9.47 Å². The Morgan fingerprint density at radius 1 is 1.25 bits per heavy atom. The first kappa shape index (κ1) is 15.2. The van der Waals surface area contributed by atoms with E-state index in [2.05, 4.69) is 32.9 Å². The van der Waals surface area contributed by atoms with E-state index in [9.17, 15) is 0 Å². The molecule has 0 aromatic heterocycles. The number of hydrogen-bond donors (Lipinski definition) is 0. The van der Waals surface area contributed by atoms with Crippen LogP contribution in [0.25, 0.3) is 0 Å². The zero-order valence-corrected chi connectivity index (χ0v) is 11.3. The first-order valence-corrected chi connectivity index (χ1v) is 6.13. The summed E-state index contributed by atoms with van der Waals surface area (Å²) in [5.41, 5.74) is 1.39. The molecule has 0 rings (SSSR count). The van der Waals surface area contributed by atoms with E-state index in [-0.39, 0.29) is 6.29 Å². The van der Waals surface area contributed by atoms with Gasteiger partial charge in [0.1, 0.15) is 0 Å². The summed E-state index contributed by atoms with van der Waals surface area (Å²) in [7, 11) is 0. The van der Waals surface area contributed by atoms with Crippen LogP contribution in [-0.2, 0) is 9.47 Å². The lowest BCUT2D eigenvalue weighted by Gasteiger charge is -2.11. The predicted octanol–water partition coefficient (Wildman–Crippen LogP) is 4.28. The number of ether oxygens (including phenoxy) is 2. The summed E-state index contributed by atoms with van der Waals surface area (Å²) in [6.07, 6.45) is 8.27. The highest BCUT2D eigenvalue weighted by Crippen LogP contribution is 2.09. The van der Waals surface area contributed by atoms with Crippen molar-refractivity contribution in [2.75, 3.05) is 6.61 Å². The molecule has 0 saturated heterocycles. The zero-order valence-electron chi connectivity index (χ0n) is 11.3. The van der Waals surface area contributed by atoms with E-state index < -0.39 is 0 Å². The fourth-order valence-corrected chi connectivity index (χ4v) is 1.30. The van der Waals surface area contributed by atoms with Gasteiger partial charge in [-0.15, -0.1) is 0 Å². The van der Waals surface area contributed by atoms with Gasteiger partial charge in [-0.2, -0.15) is 0 Å². The third-order valence-corrected chi connectivity index (χ3v) is 2.25. The van der Waals surface area contributed by atoms with Gasteiger partial charge in [-0.3, -0.25) is 0 Å². The minimum absolute atomic E-state index is 0.147. The molecule has 16 heavy (non-hydrogen) atoms. The topological polar surface area (TPSA) is 18.5 Å². The van der Waals surface area contributed by atoms with Crippen LogP contribution < -0.4 is 0 Å². The minimum Gasteiger partial charge on any atom is -0.473 e. The Balaban J connectivity index is 3.65. The molecule has 0 aromatic rings. The Morgan fingerprint density at radius 3 is 2.50 bits per heavy atom. The van der Waals surface area contributed by atoms with Crippen molar-refractivity contribution in [3.05, 3.63) is 24.0 Å². The van der Waals surface area contributed by atoms with Crippen molar-refractivity contribution in [1.82, 2.24) is 0 Å². The van der Waals surface area contributed by atoms with Gasteiger partial charge in [-0.05, 0) is 52.5 Å². The SMILES string of the molecule is CCOC(C)OC=CC(C)CCC=C(C)C. The fraction of sp³-hybridized carbons (Fsp3) is 0.714. The predicted molar refractivity (Wildman–Crippen MR) is 69.1 cm³/mol. The van der Waals surface area contributed by atoms with Crippen LogP contribution in [0.4, 0.5) is 0 Å². The Kier molecular flexibility index (Phi) is 9.02. The summed E-state index contributed by atoms with van der Waals surface area (Å²) in [6, 6.07) is 0. The molecule has 94 valence electrons. The summed E-state index contributed by atoms with van der Waals surface area (Å²) in [6.45, 7) is 11.0. The molecule has 0 fully saturated rings. The van der Waals surface area contributed by atoms with Gasteiger partial charge >= 0.3 is 0 Å². The molecular formula is C14H26O2. The maximum absolute atomic E-state index is 5.36. The lowest BCUT2D eigenvalue weighted by molar-refractivity contribution is -0.0884. The third kappa shape index (κ3) is 9.78. The molecule has 0 spiro atoms. The zero-order chi connectivity index (χ0) is 12.4. The molecule has 0 radical (unpaired) electrons. The molecule has 0 aromatic carbocycles. The normalized spacial score (nSPS) is 14.8. The molecule has 0 saturated carbocycles. The smallest absolute Gasteiger partial charge is 0.196 e. The quantitative estimate of drug-likeness (QED) is 0.349. The molecule has 2 heteroatoms. The van der Waals surface area contributed by atoms with Crippen LogP contribution in [-0.4, -0.2) is 12.9 Å². The van der Waals surface area contributed by atoms with Crippen LogP contribution in [0.1, 0.15) is 47.5 Å². The molecule has 2 unspecified atom stereocenters. The van der Waals surface area contributed by atoms with E-state index in [4.69, 9.17) is 9.47 Å². The van der Waals surface area contributed by atoms with Gasteiger partial charge in [-0.25, -0.2) is 0 Å². The summed E-state index contributed by atoms with van der Waals surface area (Å²) >= 11 is 0.